The van der Waals surface area contributed by atoms with Crippen molar-refractivity contribution in [2.24, 2.45) is 5.84 Å². The van der Waals surface area contributed by atoms with Crippen LogP contribution in [0.15, 0.2) is 24.3 Å². The van der Waals surface area contributed by atoms with E-state index in [1.54, 1.807) is 18.2 Å². The second kappa shape index (κ2) is 7.52. The van der Waals surface area contributed by atoms with Gasteiger partial charge in [0.2, 0.25) is 0 Å². The van der Waals surface area contributed by atoms with E-state index in [0.717, 1.165) is 19.6 Å². The summed E-state index contributed by atoms with van der Waals surface area (Å²) >= 11 is 2.02. The molecular formula is C14H21N3O2S. The average molecular weight is 295 g/mol. The van der Waals surface area contributed by atoms with Crippen LogP contribution in [0.4, 0.5) is 0 Å². The topological polar surface area (TPSA) is 67.6 Å². The van der Waals surface area contributed by atoms with Crippen molar-refractivity contribution < 1.29 is 9.53 Å². The molecule has 20 heavy (non-hydrogen) atoms. The number of hydrazine groups is 1. The maximum atomic E-state index is 11.4. The van der Waals surface area contributed by atoms with E-state index >= 15 is 0 Å². The third-order valence-electron chi connectivity index (χ3n) is 3.23. The van der Waals surface area contributed by atoms with E-state index in [1.165, 1.54) is 5.75 Å². The van der Waals surface area contributed by atoms with Gasteiger partial charge in [0.05, 0.1) is 0 Å². The summed E-state index contributed by atoms with van der Waals surface area (Å²) in [6.07, 6.45) is 0. The van der Waals surface area contributed by atoms with Gasteiger partial charge in [-0.2, -0.15) is 11.8 Å². The van der Waals surface area contributed by atoms with E-state index in [1.807, 2.05) is 17.8 Å². The molecule has 0 aliphatic carbocycles. The van der Waals surface area contributed by atoms with Gasteiger partial charge in [-0.3, -0.25) is 15.1 Å². The quantitative estimate of drug-likeness (QED) is 0.484. The van der Waals surface area contributed by atoms with E-state index < -0.39 is 0 Å². The zero-order chi connectivity index (χ0) is 14.4. The molecule has 1 aliphatic rings. The molecule has 110 valence electrons. The molecule has 1 fully saturated rings. The largest absolute Gasteiger partial charge is 0.492 e. The first-order valence-corrected chi connectivity index (χ1v) is 7.81. The van der Waals surface area contributed by atoms with Crippen LogP contribution in [0.25, 0.3) is 0 Å². The first kappa shape index (κ1) is 15.2. The van der Waals surface area contributed by atoms with Crippen LogP contribution in [0, 0.1) is 0 Å². The lowest BCUT2D eigenvalue weighted by atomic mass is 10.2. The summed E-state index contributed by atoms with van der Waals surface area (Å²) in [6.45, 7) is 6.04. The Balaban J connectivity index is 1.80. The fourth-order valence-electron chi connectivity index (χ4n) is 2.20. The number of carbonyl (C=O) groups excluding carboxylic acids is 1. The first-order chi connectivity index (χ1) is 9.69. The Morgan fingerprint density at radius 3 is 3.20 bits per heavy atom. The Hall–Kier alpha value is -1.24. The van der Waals surface area contributed by atoms with Gasteiger partial charge in [0.1, 0.15) is 12.4 Å². The molecule has 1 amide bonds. The molecular weight excluding hydrogens is 274 g/mol. The van der Waals surface area contributed by atoms with Crippen LogP contribution in [0.2, 0.25) is 0 Å². The molecule has 6 heteroatoms. The van der Waals surface area contributed by atoms with Gasteiger partial charge in [-0.15, -0.1) is 0 Å². The van der Waals surface area contributed by atoms with Crippen LogP contribution in [0.3, 0.4) is 0 Å². The van der Waals surface area contributed by atoms with Gasteiger partial charge < -0.3 is 4.74 Å². The fraction of sp³-hybridized carbons (Fsp3) is 0.500. The lowest BCUT2D eigenvalue weighted by molar-refractivity contribution is 0.0953. The number of amides is 1. The van der Waals surface area contributed by atoms with Crippen molar-refractivity contribution >= 4 is 17.7 Å². The third kappa shape index (κ3) is 4.40. The Bertz CT molecular complexity index is 456. The molecule has 1 aliphatic heterocycles. The summed E-state index contributed by atoms with van der Waals surface area (Å²) in [7, 11) is 0. The zero-order valence-corrected chi connectivity index (χ0v) is 12.5. The lowest BCUT2D eigenvalue weighted by Gasteiger charge is -2.30. The Labute approximate surface area is 123 Å². The molecule has 0 radical (unpaired) electrons. The molecule has 0 spiro atoms. The second-order valence-electron chi connectivity index (χ2n) is 4.83. The molecule has 5 nitrogen and oxygen atoms in total. The summed E-state index contributed by atoms with van der Waals surface area (Å²) in [5.41, 5.74) is 2.62. The van der Waals surface area contributed by atoms with E-state index in [0.29, 0.717) is 23.2 Å². The van der Waals surface area contributed by atoms with Crippen LogP contribution in [0.1, 0.15) is 17.3 Å². The minimum absolute atomic E-state index is 0.308. The van der Waals surface area contributed by atoms with Gasteiger partial charge in [-0.1, -0.05) is 13.0 Å². The SMILES string of the molecule is CC1CN(CCOc2cccc(C(=O)NN)c2)CCS1. The summed E-state index contributed by atoms with van der Waals surface area (Å²) in [5.74, 6) is 6.70. The highest BCUT2D eigenvalue weighted by Gasteiger charge is 2.16. The van der Waals surface area contributed by atoms with Crippen molar-refractivity contribution in [3.05, 3.63) is 29.8 Å². The minimum Gasteiger partial charge on any atom is -0.492 e. The summed E-state index contributed by atoms with van der Waals surface area (Å²) in [5, 5.41) is 0.695. The zero-order valence-electron chi connectivity index (χ0n) is 11.7. The number of hydrogen-bond donors (Lipinski definition) is 2. The number of thioether (sulfide) groups is 1. The van der Waals surface area contributed by atoms with Gasteiger partial charge in [0.25, 0.3) is 5.91 Å². The minimum atomic E-state index is -0.308. The average Bonchev–Trinajstić information content (AvgIpc) is 2.47. The number of rotatable bonds is 5. The molecule has 3 N–H and O–H groups in total. The van der Waals surface area contributed by atoms with Gasteiger partial charge in [0.15, 0.2) is 0 Å². The number of nitrogen functional groups attached to an aromatic ring is 1. The molecule has 0 saturated carbocycles. The predicted molar refractivity (Wildman–Crippen MR) is 82.0 cm³/mol. The second-order valence-corrected chi connectivity index (χ2v) is 6.38. The van der Waals surface area contributed by atoms with Gasteiger partial charge in [-0.05, 0) is 18.2 Å². The number of hydrogen-bond acceptors (Lipinski definition) is 5. The maximum Gasteiger partial charge on any atom is 0.265 e. The number of ether oxygens (including phenoxy) is 1. The smallest absolute Gasteiger partial charge is 0.265 e. The molecule has 1 unspecified atom stereocenters. The van der Waals surface area contributed by atoms with E-state index in [2.05, 4.69) is 17.2 Å². The molecule has 1 atom stereocenters. The van der Waals surface area contributed by atoms with Crippen molar-refractivity contribution in [3.8, 4) is 5.75 Å². The van der Waals surface area contributed by atoms with E-state index in [4.69, 9.17) is 10.6 Å². The normalized spacial score (nSPS) is 19.6. The Morgan fingerprint density at radius 1 is 1.60 bits per heavy atom. The predicted octanol–water partition coefficient (Wildman–Crippen LogP) is 1.11. The highest BCUT2D eigenvalue weighted by molar-refractivity contribution is 7.99. The van der Waals surface area contributed by atoms with Crippen LogP contribution >= 0.6 is 11.8 Å². The van der Waals surface area contributed by atoms with Crippen LogP contribution < -0.4 is 16.0 Å². The van der Waals surface area contributed by atoms with E-state index in [-0.39, 0.29) is 5.91 Å². The number of carbonyl (C=O) groups is 1. The fourth-order valence-corrected chi connectivity index (χ4v) is 3.28. The van der Waals surface area contributed by atoms with Gasteiger partial charge >= 0.3 is 0 Å². The molecule has 0 aromatic heterocycles. The first-order valence-electron chi connectivity index (χ1n) is 6.77. The molecule has 1 heterocycles. The van der Waals surface area contributed by atoms with Crippen molar-refractivity contribution in [2.75, 3.05) is 32.0 Å². The van der Waals surface area contributed by atoms with Gasteiger partial charge in [0, 0.05) is 36.2 Å². The van der Waals surface area contributed by atoms with Gasteiger partial charge in [-0.25, -0.2) is 5.84 Å². The van der Waals surface area contributed by atoms with Crippen molar-refractivity contribution in [3.63, 3.8) is 0 Å². The number of nitrogens with one attached hydrogen (secondary N) is 1. The standard InChI is InChI=1S/C14H21N3O2S/c1-11-10-17(6-8-20-11)5-7-19-13-4-2-3-12(9-13)14(18)16-15/h2-4,9,11H,5-8,10,15H2,1H3,(H,16,18). The van der Waals surface area contributed by atoms with Crippen LogP contribution in [0.5, 0.6) is 5.75 Å². The monoisotopic (exact) mass is 295 g/mol. The molecule has 0 bridgehead atoms. The third-order valence-corrected chi connectivity index (χ3v) is 4.37. The maximum absolute atomic E-state index is 11.4. The lowest BCUT2D eigenvalue weighted by Crippen LogP contribution is -2.39. The summed E-state index contributed by atoms with van der Waals surface area (Å²) in [6, 6.07) is 7.05. The van der Waals surface area contributed by atoms with Crippen molar-refractivity contribution in [2.45, 2.75) is 12.2 Å². The Morgan fingerprint density at radius 2 is 2.45 bits per heavy atom. The van der Waals surface area contributed by atoms with Crippen molar-refractivity contribution in [1.82, 2.24) is 10.3 Å². The Kier molecular flexibility index (Phi) is 5.70. The van der Waals surface area contributed by atoms with Crippen LogP contribution in [-0.4, -0.2) is 48.1 Å². The molecule has 2 rings (SSSR count). The summed E-state index contributed by atoms with van der Waals surface area (Å²) < 4.78 is 5.71. The summed E-state index contributed by atoms with van der Waals surface area (Å²) in [4.78, 5) is 13.8. The van der Waals surface area contributed by atoms with E-state index in [9.17, 15) is 4.79 Å². The molecule has 1 aromatic rings. The van der Waals surface area contributed by atoms with Crippen molar-refractivity contribution in [1.29, 1.82) is 0 Å². The molecule has 1 saturated heterocycles. The number of nitrogens with two attached hydrogens (primary N) is 1. The highest BCUT2D eigenvalue weighted by atomic mass is 32.2. The van der Waals surface area contributed by atoms with Crippen LogP contribution in [-0.2, 0) is 0 Å². The number of nitrogens with zero attached hydrogens (tertiary/aromatic N) is 1. The molecule has 1 aromatic carbocycles. The highest BCUT2D eigenvalue weighted by Crippen LogP contribution is 2.18. The number of benzene rings is 1.